The fourth-order valence-corrected chi connectivity index (χ4v) is 4.93. The second kappa shape index (κ2) is 11.4. The summed E-state index contributed by atoms with van der Waals surface area (Å²) in [6.45, 7) is 10.7. The Kier molecular flexibility index (Phi) is 8.86. The van der Waals surface area contributed by atoms with Crippen LogP contribution in [0.25, 0.3) is 16.9 Å². The molecule has 0 unspecified atom stereocenters. The van der Waals surface area contributed by atoms with E-state index in [1.54, 1.807) is 22.9 Å². The molecule has 0 radical (unpaired) electrons. The van der Waals surface area contributed by atoms with E-state index in [9.17, 15) is 4.79 Å². The molecule has 1 heterocycles. The Hall–Kier alpha value is -2.27. The maximum atomic E-state index is 13.2. The average Bonchev–Trinajstić information content (AvgIpc) is 3.15. The molecule has 0 spiro atoms. The highest BCUT2D eigenvalue weighted by Gasteiger charge is 2.26. The summed E-state index contributed by atoms with van der Waals surface area (Å²) in [6, 6.07) is 12.6. The first-order valence-electron chi connectivity index (χ1n) is 11.4. The molecule has 0 bridgehead atoms. The molecule has 0 fully saturated rings. The number of benzene rings is 2. The standard InChI is InChI=1S/C27H30Cl3N3O/c1-5-14-27(6-2,7-3)15-16-31-26(34)24-18(4)25(19-8-10-20(28)11-9-19)33(32-24)23-13-12-21(29)17-22(23)30/h5,8-13,17H,1,6-7,14-16H2,2-4H3,(H,31,34). The fourth-order valence-electron chi connectivity index (χ4n) is 4.31. The summed E-state index contributed by atoms with van der Waals surface area (Å²) in [6.07, 6.45) is 5.85. The summed E-state index contributed by atoms with van der Waals surface area (Å²) in [4.78, 5) is 13.2. The highest BCUT2D eigenvalue weighted by atomic mass is 35.5. The Morgan fingerprint density at radius 3 is 2.32 bits per heavy atom. The zero-order chi connectivity index (χ0) is 24.9. The first kappa shape index (κ1) is 26.3. The van der Waals surface area contributed by atoms with Gasteiger partial charge in [-0.2, -0.15) is 5.10 Å². The van der Waals surface area contributed by atoms with Gasteiger partial charge < -0.3 is 5.32 Å². The molecule has 0 aliphatic rings. The van der Waals surface area contributed by atoms with Gasteiger partial charge in [-0.3, -0.25) is 4.79 Å². The molecule has 0 saturated carbocycles. The summed E-state index contributed by atoms with van der Waals surface area (Å²) < 4.78 is 1.70. The Morgan fingerprint density at radius 2 is 1.74 bits per heavy atom. The molecule has 1 aromatic heterocycles. The van der Waals surface area contributed by atoms with Gasteiger partial charge in [-0.25, -0.2) is 4.68 Å². The van der Waals surface area contributed by atoms with Gasteiger partial charge in [0.15, 0.2) is 5.69 Å². The lowest BCUT2D eigenvalue weighted by molar-refractivity contribution is 0.0939. The predicted molar refractivity (Wildman–Crippen MR) is 144 cm³/mol. The first-order chi connectivity index (χ1) is 16.2. The van der Waals surface area contributed by atoms with Crippen molar-refractivity contribution < 1.29 is 4.79 Å². The Labute approximate surface area is 216 Å². The lowest BCUT2D eigenvalue weighted by Crippen LogP contribution is -2.30. The molecule has 2 aromatic carbocycles. The van der Waals surface area contributed by atoms with Crippen molar-refractivity contribution in [1.82, 2.24) is 15.1 Å². The van der Waals surface area contributed by atoms with E-state index >= 15 is 0 Å². The van der Waals surface area contributed by atoms with E-state index < -0.39 is 0 Å². The summed E-state index contributed by atoms with van der Waals surface area (Å²) in [7, 11) is 0. The van der Waals surface area contributed by atoms with Crippen LogP contribution in [-0.2, 0) is 0 Å². The monoisotopic (exact) mass is 517 g/mol. The number of carbonyl (C=O) groups excluding carboxylic acids is 1. The molecular weight excluding hydrogens is 489 g/mol. The normalized spacial score (nSPS) is 11.5. The maximum Gasteiger partial charge on any atom is 0.272 e. The molecule has 34 heavy (non-hydrogen) atoms. The second-order valence-electron chi connectivity index (χ2n) is 8.54. The summed E-state index contributed by atoms with van der Waals surface area (Å²) in [5.41, 5.74) is 3.55. The van der Waals surface area contributed by atoms with Crippen molar-refractivity contribution in [2.75, 3.05) is 6.54 Å². The van der Waals surface area contributed by atoms with Crippen molar-refractivity contribution in [3.8, 4) is 16.9 Å². The van der Waals surface area contributed by atoms with Crippen LogP contribution in [0.4, 0.5) is 0 Å². The van der Waals surface area contributed by atoms with Gasteiger partial charge in [-0.05, 0) is 55.5 Å². The summed E-state index contributed by atoms with van der Waals surface area (Å²) in [5, 5.41) is 9.36. The SMILES string of the molecule is C=CCC(CC)(CC)CCNC(=O)c1nn(-c2ccc(Cl)cc2Cl)c(-c2ccc(Cl)cc2)c1C. The minimum absolute atomic E-state index is 0.148. The molecular formula is C27H30Cl3N3O. The number of hydrogen-bond acceptors (Lipinski definition) is 2. The van der Waals surface area contributed by atoms with Gasteiger partial charge in [0.1, 0.15) is 0 Å². The van der Waals surface area contributed by atoms with Gasteiger partial charge in [0, 0.05) is 27.7 Å². The van der Waals surface area contributed by atoms with Crippen LogP contribution >= 0.6 is 34.8 Å². The van der Waals surface area contributed by atoms with Crippen LogP contribution in [0.3, 0.4) is 0 Å². The second-order valence-corrected chi connectivity index (χ2v) is 9.82. The first-order valence-corrected chi connectivity index (χ1v) is 12.6. The largest absolute Gasteiger partial charge is 0.351 e. The molecule has 1 N–H and O–H groups in total. The molecule has 0 saturated heterocycles. The van der Waals surface area contributed by atoms with Gasteiger partial charge >= 0.3 is 0 Å². The molecule has 0 aliphatic carbocycles. The lowest BCUT2D eigenvalue weighted by atomic mass is 9.76. The zero-order valence-corrected chi connectivity index (χ0v) is 22.1. The number of carbonyl (C=O) groups is 1. The molecule has 180 valence electrons. The van der Waals surface area contributed by atoms with E-state index in [1.165, 1.54) is 0 Å². The maximum absolute atomic E-state index is 13.2. The van der Waals surface area contributed by atoms with Crippen molar-refractivity contribution in [3.63, 3.8) is 0 Å². The number of rotatable bonds is 10. The molecule has 3 aromatic rings. The Bertz CT molecular complexity index is 1160. The van der Waals surface area contributed by atoms with E-state index in [-0.39, 0.29) is 11.3 Å². The number of amides is 1. The van der Waals surface area contributed by atoms with Crippen molar-refractivity contribution in [2.24, 2.45) is 5.41 Å². The van der Waals surface area contributed by atoms with Gasteiger partial charge in [0.2, 0.25) is 0 Å². The highest BCUT2D eigenvalue weighted by Crippen LogP contribution is 2.35. The van der Waals surface area contributed by atoms with E-state index in [2.05, 4.69) is 30.8 Å². The van der Waals surface area contributed by atoms with Crippen LogP contribution in [-0.4, -0.2) is 22.2 Å². The number of nitrogens with one attached hydrogen (secondary N) is 1. The van der Waals surface area contributed by atoms with Crippen LogP contribution in [0.5, 0.6) is 0 Å². The topological polar surface area (TPSA) is 46.9 Å². The van der Waals surface area contributed by atoms with Crippen LogP contribution in [0.15, 0.2) is 55.1 Å². The quantitative estimate of drug-likeness (QED) is 0.274. The average molecular weight is 519 g/mol. The van der Waals surface area contributed by atoms with E-state index in [1.807, 2.05) is 37.3 Å². The van der Waals surface area contributed by atoms with E-state index in [4.69, 9.17) is 34.8 Å². The highest BCUT2D eigenvalue weighted by molar-refractivity contribution is 6.35. The van der Waals surface area contributed by atoms with Crippen LogP contribution in [0.1, 0.15) is 55.6 Å². The Balaban J connectivity index is 1.97. The third kappa shape index (κ3) is 5.68. The minimum atomic E-state index is -0.212. The third-order valence-electron chi connectivity index (χ3n) is 6.61. The summed E-state index contributed by atoms with van der Waals surface area (Å²) >= 11 is 18.7. The number of allylic oxidation sites excluding steroid dienone is 1. The van der Waals surface area contributed by atoms with Crippen LogP contribution in [0, 0.1) is 12.3 Å². The van der Waals surface area contributed by atoms with Crippen LogP contribution in [0.2, 0.25) is 15.1 Å². The number of hydrogen-bond donors (Lipinski definition) is 1. The molecule has 7 heteroatoms. The van der Waals surface area contributed by atoms with Gasteiger partial charge in [0.05, 0.1) is 16.4 Å². The van der Waals surface area contributed by atoms with E-state index in [0.29, 0.717) is 33.0 Å². The van der Waals surface area contributed by atoms with Crippen molar-refractivity contribution in [3.05, 3.63) is 81.4 Å². The summed E-state index contributed by atoms with van der Waals surface area (Å²) in [5.74, 6) is -0.212. The fraction of sp³-hybridized carbons (Fsp3) is 0.333. The Morgan fingerprint density at radius 1 is 1.09 bits per heavy atom. The smallest absolute Gasteiger partial charge is 0.272 e. The minimum Gasteiger partial charge on any atom is -0.351 e. The molecule has 3 rings (SSSR count). The predicted octanol–water partition coefficient (Wildman–Crippen LogP) is 8.31. The lowest BCUT2D eigenvalue weighted by Gasteiger charge is -2.30. The van der Waals surface area contributed by atoms with Gasteiger partial charge in [0.25, 0.3) is 5.91 Å². The molecule has 4 nitrogen and oxygen atoms in total. The molecule has 0 aliphatic heterocycles. The van der Waals surface area contributed by atoms with Crippen molar-refractivity contribution in [1.29, 1.82) is 0 Å². The van der Waals surface area contributed by atoms with Gasteiger partial charge in [-0.15, -0.1) is 6.58 Å². The van der Waals surface area contributed by atoms with Crippen molar-refractivity contribution in [2.45, 2.75) is 46.5 Å². The van der Waals surface area contributed by atoms with Crippen molar-refractivity contribution >= 4 is 40.7 Å². The number of aromatic nitrogens is 2. The van der Waals surface area contributed by atoms with Gasteiger partial charge in [-0.1, -0.05) is 79.7 Å². The molecule has 1 amide bonds. The van der Waals surface area contributed by atoms with Crippen LogP contribution < -0.4 is 5.32 Å². The number of halogens is 3. The molecule has 0 atom stereocenters. The van der Waals surface area contributed by atoms with E-state index in [0.717, 1.165) is 42.5 Å². The number of nitrogens with zero attached hydrogens (tertiary/aromatic N) is 2. The zero-order valence-electron chi connectivity index (χ0n) is 19.8. The third-order valence-corrected chi connectivity index (χ3v) is 7.40.